The van der Waals surface area contributed by atoms with Gasteiger partial charge in [0.05, 0.1) is 6.54 Å². The predicted octanol–water partition coefficient (Wildman–Crippen LogP) is -0.406. The maximum Gasteiger partial charge on any atom is 0.139 e. The number of piperazine rings is 1. The van der Waals surface area contributed by atoms with E-state index in [1.165, 1.54) is 0 Å². The van der Waals surface area contributed by atoms with Crippen LogP contribution in [0.5, 0.6) is 0 Å². The minimum Gasteiger partial charge on any atom is -0.304 e. The zero-order valence-electron chi connectivity index (χ0n) is 6.29. The molecule has 1 aliphatic rings. The molecule has 0 unspecified atom stereocenters. The Hall–Kier alpha value is -0.410. The molecule has 1 radical (unpaired) electrons. The van der Waals surface area contributed by atoms with Crippen molar-refractivity contribution in [3.05, 3.63) is 6.54 Å². The fraction of sp³-hybridized carbons (Fsp3) is 0.714. The third kappa shape index (κ3) is 2.08. The first-order chi connectivity index (χ1) is 4.83. The number of rotatable bonds is 2. The van der Waals surface area contributed by atoms with Crippen molar-refractivity contribution in [1.29, 1.82) is 0 Å². The highest BCUT2D eigenvalue weighted by molar-refractivity contribution is 5.60. The lowest BCUT2D eigenvalue weighted by atomic mass is 10.3. The van der Waals surface area contributed by atoms with Gasteiger partial charge in [0.15, 0.2) is 0 Å². The first-order valence-electron chi connectivity index (χ1n) is 3.54. The Morgan fingerprint density at radius 1 is 1.20 bits per heavy atom. The molecule has 0 spiro atoms. The lowest BCUT2D eigenvalue weighted by molar-refractivity contribution is -0.106. The van der Waals surface area contributed by atoms with Crippen molar-refractivity contribution < 1.29 is 4.79 Å². The van der Waals surface area contributed by atoms with Crippen LogP contribution < -0.4 is 0 Å². The molecule has 0 amide bonds. The van der Waals surface area contributed by atoms with Gasteiger partial charge in [-0.25, -0.2) is 0 Å². The number of carbonyl (C=O) groups is 1. The number of nitrogens with zero attached hydrogens (tertiary/aromatic N) is 2. The van der Waals surface area contributed by atoms with Gasteiger partial charge in [-0.05, 0) is 7.05 Å². The number of aldehydes is 1. The molecule has 0 saturated carbocycles. The second kappa shape index (κ2) is 3.68. The van der Waals surface area contributed by atoms with Gasteiger partial charge in [0.1, 0.15) is 6.29 Å². The Morgan fingerprint density at radius 3 is 2.30 bits per heavy atom. The zero-order chi connectivity index (χ0) is 7.40. The molecule has 0 N–H and O–H groups in total. The van der Waals surface area contributed by atoms with Gasteiger partial charge in [-0.15, -0.1) is 0 Å². The normalized spacial score (nSPS) is 22.9. The Balaban J connectivity index is 2.19. The van der Waals surface area contributed by atoms with Crippen molar-refractivity contribution in [2.24, 2.45) is 0 Å². The topological polar surface area (TPSA) is 23.6 Å². The molecule has 1 aliphatic heterocycles. The van der Waals surface area contributed by atoms with Gasteiger partial charge in [-0.1, -0.05) is 0 Å². The zero-order valence-corrected chi connectivity index (χ0v) is 6.29. The van der Waals surface area contributed by atoms with Crippen LogP contribution in [0, 0.1) is 6.54 Å². The first-order valence-corrected chi connectivity index (χ1v) is 3.54. The van der Waals surface area contributed by atoms with E-state index in [2.05, 4.69) is 11.9 Å². The molecule has 0 bridgehead atoms. The number of hydrogen-bond donors (Lipinski definition) is 0. The summed E-state index contributed by atoms with van der Waals surface area (Å²) in [7, 11) is 2.10. The standard InChI is InChI=1S/C7H13N2O/c1-8-2-4-9(5-3-8)6-7-10/h6-7H,2-5H2,1H3. The Kier molecular flexibility index (Phi) is 2.83. The van der Waals surface area contributed by atoms with Gasteiger partial charge < -0.3 is 9.69 Å². The summed E-state index contributed by atoms with van der Waals surface area (Å²) < 4.78 is 0. The summed E-state index contributed by atoms with van der Waals surface area (Å²) in [6.07, 6.45) is 0.852. The van der Waals surface area contributed by atoms with Crippen LogP contribution in [0.3, 0.4) is 0 Å². The average Bonchev–Trinajstić information content (AvgIpc) is 1.95. The molecule has 1 rings (SSSR count). The maximum atomic E-state index is 10.0. The van der Waals surface area contributed by atoms with E-state index in [0.29, 0.717) is 0 Å². The predicted molar refractivity (Wildman–Crippen MR) is 39.4 cm³/mol. The van der Waals surface area contributed by atoms with Crippen LogP contribution in [-0.2, 0) is 4.79 Å². The molecular formula is C7H13N2O. The van der Waals surface area contributed by atoms with E-state index >= 15 is 0 Å². The van der Waals surface area contributed by atoms with E-state index in [1.54, 1.807) is 6.54 Å². The third-order valence-electron chi connectivity index (χ3n) is 1.81. The summed E-state index contributed by atoms with van der Waals surface area (Å²) in [5, 5.41) is 0. The van der Waals surface area contributed by atoms with Crippen molar-refractivity contribution in [2.75, 3.05) is 33.2 Å². The molecular weight excluding hydrogens is 128 g/mol. The van der Waals surface area contributed by atoms with Crippen LogP contribution in [0.15, 0.2) is 0 Å². The van der Waals surface area contributed by atoms with Gasteiger partial charge in [0.25, 0.3) is 0 Å². The number of hydrogen-bond acceptors (Lipinski definition) is 3. The van der Waals surface area contributed by atoms with Gasteiger partial charge in [0.2, 0.25) is 0 Å². The Labute approximate surface area is 61.6 Å². The Morgan fingerprint density at radius 2 is 1.80 bits per heavy atom. The van der Waals surface area contributed by atoms with E-state index < -0.39 is 0 Å². The number of carbonyl (C=O) groups excluding carboxylic acids is 1. The second-order valence-electron chi connectivity index (χ2n) is 2.62. The maximum absolute atomic E-state index is 10.0. The van der Waals surface area contributed by atoms with E-state index in [4.69, 9.17) is 0 Å². The van der Waals surface area contributed by atoms with E-state index in [9.17, 15) is 4.79 Å². The van der Waals surface area contributed by atoms with Gasteiger partial charge >= 0.3 is 0 Å². The monoisotopic (exact) mass is 141 g/mol. The van der Waals surface area contributed by atoms with Crippen LogP contribution in [0.1, 0.15) is 0 Å². The van der Waals surface area contributed by atoms with Crippen molar-refractivity contribution in [1.82, 2.24) is 9.80 Å². The van der Waals surface area contributed by atoms with Gasteiger partial charge in [-0.3, -0.25) is 4.90 Å². The van der Waals surface area contributed by atoms with E-state index in [0.717, 1.165) is 32.5 Å². The molecule has 0 aromatic rings. The molecule has 1 saturated heterocycles. The molecule has 3 nitrogen and oxygen atoms in total. The van der Waals surface area contributed by atoms with Crippen LogP contribution >= 0.6 is 0 Å². The molecule has 57 valence electrons. The fourth-order valence-corrected chi connectivity index (χ4v) is 1.06. The summed E-state index contributed by atoms with van der Waals surface area (Å²) in [6, 6.07) is 0. The van der Waals surface area contributed by atoms with Gasteiger partial charge in [-0.2, -0.15) is 0 Å². The fourth-order valence-electron chi connectivity index (χ4n) is 1.06. The quantitative estimate of drug-likeness (QED) is 0.489. The van der Waals surface area contributed by atoms with Crippen LogP contribution in [0.4, 0.5) is 0 Å². The molecule has 0 aromatic heterocycles. The molecule has 0 aromatic carbocycles. The lowest BCUT2D eigenvalue weighted by Crippen LogP contribution is -2.43. The minimum absolute atomic E-state index is 0.852. The smallest absolute Gasteiger partial charge is 0.139 e. The largest absolute Gasteiger partial charge is 0.304 e. The minimum atomic E-state index is 0.852. The van der Waals surface area contributed by atoms with Crippen molar-refractivity contribution in [3.63, 3.8) is 0 Å². The van der Waals surface area contributed by atoms with Gasteiger partial charge in [0, 0.05) is 26.2 Å². The van der Waals surface area contributed by atoms with Crippen molar-refractivity contribution >= 4 is 6.29 Å². The highest BCUT2D eigenvalue weighted by Gasteiger charge is 2.12. The van der Waals surface area contributed by atoms with Crippen molar-refractivity contribution in [3.8, 4) is 0 Å². The van der Waals surface area contributed by atoms with Crippen LogP contribution in [-0.4, -0.2) is 49.3 Å². The summed E-state index contributed by atoms with van der Waals surface area (Å²) in [6.45, 7) is 5.70. The molecule has 0 aliphatic carbocycles. The average molecular weight is 141 g/mol. The lowest BCUT2D eigenvalue weighted by Gasteiger charge is -2.30. The third-order valence-corrected chi connectivity index (χ3v) is 1.81. The summed E-state index contributed by atoms with van der Waals surface area (Å²) in [4.78, 5) is 14.4. The molecule has 10 heavy (non-hydrogen) atoms. The number of likely N-dealkylation sites (N-methyl/N-ethyl adjacent to an activating group) is 1. The molecule has 1 heterocycles. The summed E-state index contributed by atoms with van der Waals surface area (Å²) in [5.74, 6) is 0. The summed E-state index contributed by atoms with van der Waals surface area (Å²) >= 11 is 0. The first kappa shape index (κ1) is 7.69. The van der Waals surface area contributed by atoms with Crippen LogP contribution in [0.2, 0.25) is 0 Å². The van der Waals surface area contributed by atoms with E-state index in [-0.39, 0.29) is 0 Å². The molecule has 3 heteroatoms. The SMILES string of the molecule is CN1CCN([CH]C=O)CC1. The van der Waals surface area contributed by atoms with Crippen LogP contribution in [0.25, 0.3) is 0 Å². The highest BCUT2D eigenvalue weighted by Crippen LogP contribution is 1.98. The second-order valence-corrected chi connectivity index (χ2v) is 2.62. The Bertz CT molecular complexity index is 108. The summed E-state index contributed by atoms with van der Waals surface area (Å²) in [5.41, 5.74) is 0. The highest BCUT2D eigenvalue weighted by atomic mass is 16.1. The van der Waals surface area contributed by atoms with E-state index in [1.807, 2.05) is 4.90 Å². The van der Waals surface area contributed by atoms with Crippen molar-refractivity contribution in [2.45, 2.75) is 0 Å². The molecule has 1 fully saturated rings. The molecule has 0 atom stereocenters.